The van der Waals surface area contributed by atoms with Crippen molar-refractivity contribution >= 4 is 11.6 Å². The second-order valence-corrected chi connectivity index (χ2v) is 5.31. The maximum absolute atomic E-state index is 12.2. The first-order valence-corrected chi connectivity index (χ1v) is 7.52. The van der Waals surface area contributed by atoms with Crippen LogP contribution in [-0.4, -0.2) is 5.91 Å². The average Bonchev–Trinajstić information content (AvgIpc) is 2.63. The molecule has 0 radical (unpaired) electrons. The zero-order valence-electron chi connectivity index (χ0n) is 12.7. The molecule has 3 N–H and O–H groups in total. The molecule has 0 heterocycles. The van der Waals surface area contributed by atoms with Crippen LogP contribution in [0.4, 0.5) is 5.69 Å². The number of anilines is 1. The highest BCUT2D eigenvalue weighted by Crippen LogP contribution is 2.24. The highest BCUT2D eigenvalue weighted by atomic mass is 16.1. The third-order valence-corrected chi connectivity index (χ3v) is 3.65. The van der Waals surface area contributed by atoms with Gasteiger partial charge in [-0.15, -0.1) is 0 Å². The van der Waals surface area contributed by atoms with Crippen molar-refractivity contribution in [2.75, 3.05) is 5.32 Å². The first-order valence-electron chi connectivity index (χ1n) is 7.52. The van der Waals surface area contributed by atoms with Crippen LogP contribution in [0.15, 0.2) is 78.9 Å². The lowest BCUT2D eigenvalue weighted by molar-refractivity contribution is 0.102. The second kappa shape index (κ2) is 6.90. The second-order valence-electron chi connectivity index (χ2n) is 5.31. The maximum Gasteiger partial charge on any atom is 0.255 e. The Balaban J connectivity index is 1.84. The van der Waals surface area contributed by atoms with Crippen molar-refractivity contribution < 1.29 is 4.79 Å². The molecular formula is C20H18N2O. The van der Waals surface area contributed by atoms with Gasteiger partial charge in [0, 0.05) is 17.8 Å². The van der Waals surface area contributed by atoms with Crippen LogP contribution in [0.1, 0.15) is 15.9 Å². The smallest absolute Gasteiger partial charge is 0.255 e. The molecule has 0 saturated carbocycles. The largest absolute Gasteiger partial charge is 0.326 e. The molecule has 3 heteroatoms. The van der Waals surface area contributed by atoms with E-state index in [1.807, 2.05) is 60.7 Å². The van der Waals surface area contributed by atoms with Gasteiger partial charge >= 0.3 is 0 Å². The van der Waals surface area contributed by atoms with E-state index in [0.29, 0.717) is 12.1 Å². The van der Waals surface area contributed by atoms with E-state index in [4.69, 9.17) is 5.73 Å². The molecule has 3 aromatic carbocycles. The topological polar surface area (TPSA) is 55.1 Å². The van der Waals surface area contributed by atoms with Crippen molar-refractivity contribution in [1.29, 1.82) is 0 Å². The minimum atomic E-state index is -0.113. The summed E-state index contributed by atoms with van der Waals surface area (Å²) in [6, 6.07) is 25.1. The van der Waals surface area contributed by atoms with E-state index in [9.17, 15) is 4.79 Å². The number of carbonyl (C=O) groups excluding carboxylic acids is 1. The number of nitrogens with two attached hydrogens (primary N) is 1. The molecule has 3 aromatic rings. The van der Waals surface area contributed by atoms with Crippen molar-refractivity contribution in [3.8, 4) is 11.1 Å². The summed E-state index contributed by atoms with van der Waals surface area (Å²) in [6.07, 6.45) is 0. The zero-order valence-corrected chi connectivity index (χ0v) is 12.7. The van der Waals surface area contributed by atoms with E-state index >= 15 is 0 Å². The molecule has 0 aliphatic heterocycles. The monoisotopic (exact) mass is 302 g/mol. The van der Waals surface area contributed by atoms with Crippen LogP contribution in [-0.2, 0) is 6.54 Å². The average molecular weight is 302 g/mol. The number of carbonyl (C=O) groups is 1. The Morgan fingerprint density at radius 1 is 0.826 bits per heavy atom. The van der Waals surface area contributed by atoms with Gasteiger partial charge in [-0.3, -0.25) is 4.79 Å². The van der Waals surface area contributed by atoms with Crippen LogP contribution in [0, 0.1) is 0 Å². The summed E-state index contributed by atoms with van der Waals surface area (Å²) in [7, 11) is 0. The molecule has 3 nitrogen and oxygen atoms in total. The van der Waals surface area contributed by atoms with Crippen LogP contribution < -0.4 is 11.1 Å². The Kier molecular flexibility index (Phi) is 4.50. The highest BCUT2D eigenvalue weighted by molar-refractivity contribution is 6.04. The summed E-state index contributed by atoms with van der Waals surface area (Å²) in [4.78, 5) is 12.2. The summed E-state index contributed by atoms with van der Waals surface area (Å²) < 4.78 is 0. The molecule has 3 rings (SSSR count). The van der Waals surface area contributed by atoms with Gasteiger partial charge in [-0.1, -0.05) is 48.5 Å². The third-order valence-electron chi connectivity index (χ3n) is 3.65. The maximum atomic E-state index is 12.2. The van der Waals surface area contributed by atoms with Crippen molar-refractivity contribution in [3.63, 3.8) is 0 Å². The van der Waals surface area contributed by atoms with E-state index in [-0.39, 0.29) is 5.91 Å². The van der Waals surface area contributed by atoms with Crippen molar-refractivity contribution in [3.05, 3.63) is 90.0 Å². The number of amides is 1. The SMILES string of the molecule is NCc1cccc(-c2cccc(NC(=O)c3ccccc3)c2)c1. The van der Waals surface area contributed by atoms with E-state index in [0.717, 1.165) is 22.4 Å². The molecule has 0 bridgehead atoms. The molecular weight excluding hydrogens is 284 g/mol. The van der Waals surface area contributed by atoms with Crippen molar-refractivity contribution in [2.24, 2.45) is 5.73 Å². The quantitative estimate of drug-likeness (QED) is 0.763. The number of hydrogen-bond acceptors (Lipinski definition) is 2. The molecule has 0 fully saturated rings. The molecule has 0 aliphatic rings. The normalized spacial score (nSPS) is 10.3. The molecule has 114 valence electrons. The van der Waals surface area contributed by atoms with Crippen LogP contribution in [0.5, 0.6) is 0 Å². The van der Waals surface area contributed by atoms with Gasteiger partial charge in [0.25, 0.3) is 5.91 Å². The third kappa shape index (κ3) is 3.65. The zero-order chi connectivity index (χ0) is 16.1. The predicted molar refractivity (Wildman–Crippen MR) is 94.2 cm³/mol. The van der Waals surface area contributed by atoms with Crippen LogP contribution in [0.25, 0.3) is 11.1 Å². The molecule has 0 aromatic heterocycles. The molecule has 0 spiro atoms. The fourth-order valence-electron chi connectivity index (χ4n) is 2.45. The van der Waals surface area contributed by atoms with E-state index in [1.54, 1.807) is 12.1 Å². The van der Waals surface area contributed by atoms with E-state index < -0.39 is 0 Å². The number of benzene rings is 3. The predicted octanol–water partition coefficient (Wildman–Crippen LogP) is 4.06. The lowest BCUT2D eigenvalue weighted by Gasteiger charge is -2.09. The van der Waals surface area contributed by atoms with Crippen molar-refractivity contribution in [2.45, 2.75) is 6.54 Å². The summed E-state index contributed by atoms with van der Waals surface area (Å²) >= 11 is 0. The van der Waals surface area contributed by atoms with Gasteiger partial charge in [-0.25, -0.2) is 0 Å². The molecule has 0 aliphatic carbocycles. The van der Waals surface area contributed by atoms with Crippen LogP contribution >= 0.6 is 0 Å². The Bertz CT molecular complexity index is 813. The van der Waals surface area contributed by atoms with Gasteiger partial charge in [-0.2, -0.15) is 0 Å². The van der Waals surface area contributed by atoms with Gasteiger partial charge in [0.2, 0.25) is 0 Å². The fraction of sp³-hybridized carbons (Fsp3) is 0.0500. The van der Waals surface area contributed by atoms with Gasteiger partial charge in [0.1, 0.15) is 0 Å². The minimum Gasteiger partial charge on any atom is -0.326 e. The minimum absolute atomic E-state index is 0.113. The molecule has 23 heavy (non-hydrogen) atoms. The molecule has 0 atom stereocenters. The van der Waals surface area contributed by atoms with Crippen LogP contribution in [0.2, 0.25) is 0 Å². The van der Waals surface area contributed by atoms with Gasteiger partial charge in [-0.05, 0) is 47.0 Å². The van der Waals surface area contributed by atoms with Gasteiger partial charge in [0.05, 0.1) is 0 Å². The van der Waals surface area contributed by atoms with E-state index in [1.165, 1.54) is 0 Å². The number of nitrogens with one attached hydrogen (secondary N) is 1. The molecule has 0 unspecified atom stereocenters. The van der Waals surface area contributed by atoms with Crippen LogP contribution in [0.3, 0.4) is 0 Å². The number of rotatable bonds is 4. The van der Waals surface area contributed by atoms with Gasteiger partial charge in [0.15, 0.2) is 0 Å². The Labute approximate surface area is 135 Å². The van der Waals surface area contributed by atoms with E-state index in [2.05, 4.69) is 11.4 Å². The standard InChI is InChI=1S/C20H18N2O/c21-14-15-6-4-9-17(12-15)18-10-5-11-19(13-18)22-20(23)16-7-2-1-3-8-16/h1-13H,14,21H2,(H,22,23). The summed E-state index contributed by atoms with van der Waals surface area (Å²) in [5.74, 6) is -0.113. The van der Waals surface area contributed by atoms with Crippen molar-refractivity contribution in [1.82, 2.24) is 0 Å². The summed E-state index contributed by atoms with van der Waals surface area (Å²) in [6.45, 7) is 0.512. The summed E-state index contributed by atoms with van der Waals surface area (Å²) in [5.41, 5.74) is 10.3. The summed E-state index contributed by atoms with van der Waals surface area (Å²) in [5, 5.41) is 2.93. The fourth-order valence-corrected chi connectivity index (χ4v) is 2.45. The Morgan fingerprint density at radius 2 is 1.52 bits per heavy atom. The molecule has 0 saturated heterocycles. The first kappa shape index (κ1) is 15.0. The number of hydrogen-bond donors (Lipinski definition) is 2. The highest BCUT2D eigenvalue weighted by Gasteiger charge is 2.06. The Morgan fingerprint density at radius 3 is 2.26 bits per heavy atom. The molecule has 1 amide bonds. The first-order chi connectivity index (χ1) is 11.3. The lowest BCUT2D eigenvalue weighted by Crippen LogP contribution is -2.11. The lowest BCUT2D eigenvalue weighted by atomic mass is 10.0. The Hall–Kier alpha value is -2.91. The van der Waals surface area contributed by atoms with Gasteiger partial charge < -0.3 is 11.1 Å².